The maximum Gasteiger partial charge on any atom is 0.339 e. The molecule has 7 heteroatoms. The van der Waals surface area contributed by atoms with Crippen LogP contribution in [0.5, 0.6) is 0 Å². The van der Waals surface area contributed by atoms with Crippen LogP contribution in [0.2, 0.25) is 0 Å². The van der Waals surface area contributed by atoms with E-state index in [-0.39, 0.29) is 17.6 Å². The highest BCUT2D eigenvalue weighted by molar-refractivity contribution is 5.97. The van der Waals surface area contributed by atoms with E-state index in [9.17, 15) is 9.59 Å². The minimum Gasteiger partial charge on any atom is -0.465 e. The van der Waals surface area contributed by atoms with Crippen molar-refractivity contribution in [2.24, 2.45) is 0 Å². The topological polar surface area (TPSA) is 93.2 Å². The molecular formula is C22H22N4O3. The average molecular weight is 390 g/mol. The van der Waals surface area contributed by atoms with Gasteiger partial charge >= 0.3 is 5.97 Å². The van der Waals surface area contributed by atoms with Crippen molar-refractivity contribution in [3.8, 4) is 0 Å². The van der Waals surface area contributed by atoms with Crippen LogP contribution >= 0.6 is 0 Å². The first-order valence-corrected chi connectivity index (χ1v) is 9.14. The molecule has 0 bridgehead atoms. The minimum atomic E-state index is -0.464. The molecule has 7 nitrogen and oxygen atoms in total. The maximum atomic E-state index is 12.7. The molecule has 1 aromatic heterocycles. The van der Waals surface area contributed by atoms with Crippen molar-refractivity contribution in [1.29, 1.82) is 0 Å². The van der Waals surface area contributed by atoms with Gasteiger partial charge in [-0.25, -0.2) is 14.8 Å². The normalized spacial score (nSPS) is 11.4. The number of rotatable bonds is 6. The fourth-order valence-corrected chi connectivity index (χ4v) is 2.86. The molecule has 29 heavy (non-hydrogen) atoms. The molecule has 2 N–H and O–H groups in total. The summed E-state index contributed by atoms with van der Waals surface area (Å²) < 4.78 is 4.81. The molecule has 0 aliphatic carbocycles. The van der Waals surface area contributed by atoms with Crippen molar-refractivity contribution in [1.82, 2.24) is 15.3 Å². The van der Waals surface area contributed by atoms with Crippen LogP contribution in [0.4, 0.5) is 11.5 Å². The summed E-state index contributed by atoms with van der Waals surface area (Å²) >= 11 is 0. The number of hydrogen-bond acceptors (Lipinski definition) is 6. The SMILES string of the molecule is COC(=O)c1ccccc1Nc1cc(C(=O)NC(C)c2ccccc2)nc(C)n1. The third-order valence-corrected chi connectivity index (χ3v) is 4.31. The van der Waals surface area contributed by atoms with Crippen molar-refractivity contribution >= 4 is 23.4 Å². The second-order valence-corrected chi connectivity index (χ2v) is 6.45. The minimum absolute atomic E-state index is 0.171. The number of hydrogen-bond donors (Lipinski definition) is 2. The predicted octanol–water partition coefficient (Wildman–Crippen LogP) is 3.81. The summed E-state index contributed by atoms with van der Waals surface area (Å²) in [6, 6.07) is 18.0. The van der Waals surface area contributed by atoms with Gasteiger partial charge in [0.15, 0.2) is 0 Å². The van der Waals surface area contributed by atoms with Gasteiger partial charge < -0.3 is 15.4 Å². The van der Waals surface area contributed by atoms with Gasteiger partial charge in [-0.3, -0.25) is 4.79 Å². The van der Waals surface area contributed by atoms with E-state index in [1.807, 2.05) is 37.3 Å². The lowest BCUT2D eigenvalue weighted by Gasteiger charge is -2.15. The number of nitrogens with one attached hydrogen (secondary N) is 2. The molecule has 1 atom stereocenters. The van der Waals surface area contributed by atoms with Gasteiger partial charge in [0.05, 0.1) is 24.4 Å². The van der Waals surface area contributed by atoms with E-state index < -0.39 is 5.97 Å². The van der Waals surface area contributed by atoms with Crippen molar-refractivity contribution in [3.05, 3.63) is 83.3 Å². The number of aromatic nitrogens is 2. The number of carbonyl (C=O) groups excluding carboxylic acids is 2. The second-order valence-electron chi connectivity index (χ2n) is 6.45. The average Bonchev–Trinajstić information content (AvgIpc) is 2.73. The Kier molecular flexibility index (Phi) is 6.19. The van der Waals surface area contributed by atoms with Crippen molar-refractivity contribution in [2.75, 3.05) is 12.4 Å². The molecule has 0 spiro atoms. The number of ether oxygens (including phenoxy) is 1. The van der Waals surface area contributed by atoms with E-state index in [0.29, 0.717) is 22.9 Å². The highest BCUT2D eigenvalue weighted by Gasteiger charge is 2.16. The first kappa shape index (κ1) is 20.0. The summed E-state index contributed by atoms with van der Waals surface area (Å²) in [4.78, 5) is 33.2. The Bertz CT molecular complexity index is 1020. The molecule has 148 valence electrons. The van der Waals surface area contributed by atoms with Gasteiger partial charge in [0, 0.05) is 6.07 Å². The number of anilines is 2. The van der Waals surface area contributed by atoms with Gasteiger partial charge in [0.25, 0.3) is 5.91 Å². The van der Waals surface area contributed by atoms with E-state index in [0.717, 1.165) is 5.56 Å². The molecule has 2 aromatic carbocycles. The van der Waals surface area contributed by atoms with Crippen molar-refractivity contribution in [3.63, 3.8) is 0 Å². The molecule has 0 fully saturated rings. The van der Waals surface area contributed by atoms with Gasteiger partial charge in [0.1, 0.15) is 17.3 Å². The summed E-state index contributed by atoms with van der Waals surface area (Å²) in [6.07, 6.45) is 0. The third kappa shape index (κ3) is 4.95. The number of nitrogens with zero attached hydrogens (tertiary/aromatic N) is 2. The van der Waals surface area contributed by atoms with Crippen molar-refractivity contribution in [2.45, 2.75) is 19.9 Å². The Morgan fingerprint density at radius 3 is 2.41 bits per heavy atom. The molecule has 0 saturated carbocycles. The largest absolute Gasteiger partial charge is 0.465 e. The lowest BCUT2D eigenvalue weighted by atomic mass is 10.1. The first-order valence-electron chi connectivity index (χ1n) is 9.14. The van der Waals surface area contributed by atoms with Gasteiger partial charge in [0.2, 0.25) is 0 Å². The summed E-state index contributed by atoms with van der Waals surface area (Å²) in [7, 11) is 1.32. The Hall–Kier alpha value is -3.74. The Labute approximate surface area is 169 Å². The quantitative estimate of drug-likeness (QED) is 0.622. The summed E-state index contributed by atoms with van der Waals surface area (Å²) in [5, 5.41) is 6.02. The first-order chi connectivity index (χ1) is 14.0. The number of methoxy groups -OCH3 is 1. The van der Waals surface area contributed by atoms with E-state index >= 15 is 0 Å². The standard InChI is InChI=1S/C22H22N4O3/c1-14(16-9-5-4-6-10-16)23-21(27)19-13-20(25-15(2)24-19)26-18-12-8-7-11-17(18)22(28)29-3/h4-14H,1-3H3,(H,23,27)(H,24,25,26). The number of esters is 1. The maximum absolute atomic E-state index is 12.7. The molecule has 1 heterocycles. The van der Waals surface area contributed by atoms with Gasteiger partial charge in [-0.1, -0.05) is 42.5 Å². The van der Waals surface area contributed by atoms with E-state index in [4.69, 9.17) is 4.74 Å². The van der Waals surface area contributed by atoms with Crippen LogP contribution in [-0.4, -0.2) is 29.0 Å². The van der Waals surface area contributed by atoms with Crippen LogP contribution in [0, 0.1) is 6.92 Å². The van der Waals surface area contributed by atoms with E-state index in [1.54, 1.807) is 37.3 Å². The van der Waals surface area contributed by atoms with Crippen LogP contribution in [-0.2, 0) is 4.74 Å². The molecule has 3 aromatic rings. The Morgan fingerprint density at radius 1 is 1.00 bits per heavy atom. The number of para-hydroxylation sites is 1. The second kappa shape index (κ2) is 8.97. The molecule has 3 rings (SSSR count). The predicted molar refractivity (Wildman–Crippen MR) is 110 cm³/mol. The number of aryl methyl sites for hydroxylation is 1. The highest BCUT2D eigenvalue weighted by atomic mass is 16.5. The lowest BCUT2D eigenvalue weighted by molar-refractivity contribution is 0.0601. The molecule has 0 radical (unpaired) electrons. The number of benzene rings is 2. The molecule has 1 unspecified atom stereocenters. The summed E-state index contributed by atoms with van der Waals surface area (Å²) in [5.74, 6) is 0.0686. The Balaban J connectivity index is 1.82. The fraction of sp³-hybridized carbons (Fsp3) is 0.182. The van der Waals surface area contributed by atoms with Crippen LogP contribution in [0.25, 0.3) is 0 Å². The highest BCUT2D eigenvalue weighted by Crippen LogP contribution is 2.21. The van der Waals surface area contributed by atoms with Gasteiger partial charge in [-0.05, 0) is 31.5 Å². The van der Waals surface area contributed by atoms with Crippen molar-refractivity contribution < 1.29 is 14.3 Å². The molecular weight excluding hydrogens is 368 g/mol. The lowest BCUT2D eigenvalue weighted by Crippen LogP contribution is -2.27. The smallest absolute Gasteiger partial charge is 0.339 e. The van der Waals surface area contributed by atoms with E-state index in [1.165, 1.54) is 7.11 Å². The van der Waals surface area contributed by atoms with Crippen LogP contribution in [0.3, 0.4) is 0 Å². The summed E-state index contributed by atoms with van der Waals surface area (Å²) in [6.45, 7) is 3.61. The molecule has 1 amide bonds. The van der Waals surface area contributed by atoms with Gasteiger partial charge in [-0.15, -0.1) is 0 Å². The van der Waals surface area contributed by atoms with Gasteiger partial charge in [-0.2, -0.15) is 0 Å². The van der Waals surface area contributed by atoms with E-state index in [2.05, 4.69) is 20.6 Å². The molecule has 0 saturated heterocycles. The molecule has 0 aliphatic heterocycles. The zero-order chi connectivity index (χ0) is 20.8. The zero-order valence-electron chi connectivity index (χ0n) is 16.5. The monoisotopic (exact) mass is 390 g/mol. The Morgan fingerprint density at radius 2 is 1.69 bits per heavy atom. The number of carbonyl (C=O) groups is 2. The summed E-state index contributed by atoms with van der Waals surface area (Å²) in [5.41, 5.74) is 2.13. The third-order valence-electron chi connectivity index (χ3n) is 4.31. The fourth-order valence-electron chi connectivity index (χ4n) is 2.86. The zero-order valence-corrected chi connectivity index (χ0v) is 16.5. The molecule has 0 aliphatic rings. The van der Waals surface area contributed by atoms with Crippen LogP contribution in [0.15, 0.2) is 60.7 Å². The van der Waals surface area contributed by atoms with Crippen LogP contribution < -0.4 is 10.6 Å². The number of amides is 1. The van der Waals surface area contributed by atoms with Crippen LogP contribution in [0.1, 0.15) is 45.2 Å².